The van der Waals surface area contributed by atoms with Crippen LogP contribution in [-0.4, -0.2) is 39.1 Å². The molecule has 3 N–H and O–H groups in total. The van der Waals surface area contributed by atoms with Crippen LogP contribution in [0, 0.1) is 23.7 Å². The highest BCUT2D eigenvalue weighted by atomic mass is 16.5. The van der Waals surface area contributed by atoms with Crippen molar-refractivity contribution < 1.29 is 29.6 Å². The van der Waals surface area contributed by atoms with Crippen molar-refractivity contribution in [3.8, 4) is 17.2 Å². The maximum Gasteiger partial charge on any atom is 0.157 e. The molecule has 1 aliphatic heterocycles. The predicted octanol–water partition coefficient (Wildman–Crippen LogP) is 5.39. The van der Waals surface area contributed by atoms with Crippen molar-refractivity contribution in [2.24, 2.45) is 23.7 Å². The van der Waals surface area contributed by atoms with Gasteiger partial charge < -0.3 is 20.1 Å². The van der Waals surface area contributed by atoms with E-state index in [9.17, 15) is 24.9 Å². The van der Waals surface area contributed by atoms with Crippen LogP contribution in [0.25, 0.3) is 0 Å². The number of hydrogen-bond donors (Lipinski definition) is 3. The van der Waals surface area contributed by atoms with E-state index in [-0.39, 0.29) is 34.6 Å². The number of benzene rings is 2. The molecule has 6 heteroatoms. The molecule has 6 atom stereocenters. The Bertz CT molecular complexity index is 1250. The molecule has 0 saturated heterocycles. The SMILES string of the molecule is CC(C)[C@@H]1CC[C@@H](C)[C@]2(O)C[C@@H]3[C@H](c4ccccc4)c4c(O)c(C=O)c(O)c(C=O)c4O[C@]3(C)C=C12. The van der Waals surface area contributed by atoms with E-state index < -0.39 is 28.6 Å². The van der Waals surface area contributed by atoms with Crippen LogP contribution in [0.5, 0.6) is 17.2 Å². The van der Waals surface area contributed by atoms with Gasteiger partial charge >= 0.3 is 0 Å². The third-order valence-corrected chi connectivity index (χ3v) is 9.08. The smallest absolute Gasteiger partial charge is 0.157 e. The molecule has 2 aliphatic carbocycles. The van der Waals surface area contributed by atoms with Crippen LogP contribution in [0.2, 0.25) is 0 Å². The number of aliphatic hydroxyl groups is 1. The molecular weight excluding hydrogens is 456 g/mol. The van der Waals surface area contributed by atoms with Gasteiger partial charge in [0.05, 0.1) is 16.7 Å². The van der Waals surface area contributed by atoms with Gasteiger partial charge in [-0.3, -0.25) is 9.59 Å². The number of carbonyl (C=O) groups is 2. The Morgan fingerprint density at radius 2 is 1.69 bits per heavy atom. The van der Waals surface area contributed by atoms with E-state index in [0.717, 1.165) is 24.0 Å². The highest BCUT2D eigenvalue weighted by molar-refractivity contribution is 5.95. The molecule has 1 fully saturated rings. The van der Waals surface area contributed by atoms with Crippen molar-refractivity contribution in [2.75, 3.05) is 0 Å². The van der Waals surface area contributed by atoms with E-state index in [4.69, 9.17) is 4.74 Å². The summed E-state index contributed by atoms with van der Waals surface area (Å²) in [5.74, 6) is -1.08. The molecule has 2 aromatic rings. The van der Waals surface area contributed by atoms with Crippen molar-refractivity contribution in [1.82, 2.24) is 0 Å². The lowest BCUT2D eigenvalue weighted by Crippen LogP contribution is -2.58. The lowest BCUT2D eigenvalue weighted by molar-refractivity contribution is -0.0835. The van der Waals surface area contributed by atoms with Gasteiger partial charge in [0.2, 0.25) is 0 Å². The van der Waals surface area contributed by atoms with Gasteiger partial charge in [-0.15, -0.1) is 0 Å². The second kappa shape index (κ2) is 8.48. The lowest BCUT2D eigenvalue weighted by atomic mass is 9.54. The number of rotatable bonds is 4. The number of aromatic hydroxyl groups is 2. The van der Waals surface area contributed by atoms with E-state index in [1.54, 1.807) is 0 Å². The van der Waals surface area contributed by atoms with E-state index in [2.05, 4.69) is 26.8 Å². The van der Waals surface area contributed by atoms with Crippen LogP contribution in [0.4, 0.5) is 0 Å². The first-order valence-corrected chi connectivity index (χ1v) is 12.8. The number of fused-ring (bicyclic) bond motifs is 3. The van der Waals surface area contributed by atoms with Crippen LogP contribution < -0.4 is 4.74 Å². The number of phenolic OH excluding ortho intramolecular Hbond substituents is 2. The second-order valence-electron chi connectivity index (χ2n) is 11.3. The zero-order valence-electron chi connectivity index (χ0n) is 21.2. The lowest BCUT2D eigenvalue weighted by Gasteiger charge is -2.57. The van der Waals surface area contributed by atoms with Crippen molar-refractivity contribution in [3.05, 3.63) is 64.2 Å². The van der Waals surface area contributed by atoms with E-state index >= 15 is 0 Å². The van der Waals surface area contributed by atoms with Crippen molar-refractivity contribution in [2.45, 2.75) is 64.1 Å². The highest BCUT2D eigenvalue weighted by Crippen LogP contribution is 2.62. The third kappa shape index (κ3) is 3.34. The number of carbonyl (C=O) groups excluding carboxylic acids is 2. The van der Waals surface area contributed by atoms with Gasteiger partial charge in [-0.1, -0.05) is 51.1 Å². The second-order valence-corrected chi connectivity index (χ2v) is 11.3. The summed E-state index contributed by atoms with van der Waals surface area (Å²) in [5.41, 5.74) is -0.275. The average molecular weight is 491 g/mol. The van der Waals surface area contributed by atoms with E-state index in [0.29, 0.717) is 30.5 Å². The van der Waals surface area contributed by atoms with E-state index in [1.807, 2.05) is 37.3 Å². The molecule has 6 nitrogen and oxygen atoms in total. The monoisotopic (exact) mass is 490 g/mol. The van der Waals surface area contributed by atoms with Gasteiger partial charge in [0.25, 0.3) is 0 Å². The predicted molar refractivity (Wildman–Crippen MR) is 136 cm³/mol. The zero-order valence-corrected chi connectivity index (χ0v) is 21.2. The van der Waals surface area contributed by atoms with Gasteiger partial charge in [-0.25, -0.2) is 0 Å². The molecule has 0 amide bonds. The summed E-state index contributed by atoms with van der Waals surface area (Å²) >= 11 is 0. The Kier molecular flexibility index (Phi) is 5.79. The molecule has 0 unspecified atom stereocenters. The van der Waals surface area contributed by atoms with Crippen LogP contribution in [0.15, 0.2) is 42.0 Å². The first-order chi connectivity index (χ1) is 17.1. The number of hydrogen-bond acceptors (Lipinski definition) is 6. The Morgan fingerprint density at radius 3 is 2.31 bits per heavy atom. The average Bonchev–Trinajstić information content (AvgIpc) is 2.84. The van der Waals surface area contributed by atoms with Crippen LogP contribution in [-0.2, 0) is 0 Å². The fourth-order valence-electron chi connectivity index (χ4n) is 7.04. The zero-order chi connectivity index (χ0) is 26.0. The molecule has 1 saturated carbocycles. The normalized spacial score (nSPS) is 33.0. The van der Waals surface area contributed by atoms with Gasteiger partial charge in [0.1, 0.15) is 22.8 Å². The van der Waals surface area contributed by atoms with Crippen molar-refractivity contribution in [1.29, 1.82) is 0 Å². The molecule has 36 heavy (non-hydrogen) atoms. The van der Waals surface area contributed by atoms with Crippen molar-refractivity contribution in [3.63, 3.8) is 0 Å². The fraction of sp³-hybridized carbons (Fsp3) is 0.467. The summed E-state index contributed by atoms with van der Waals surface area (Å²) < 4.78 is 6.56. The quantitative estimate of drug-likeness (QED) is 0.392. The van der Waals surface area contributed by atoms with Crippen molar-refractivity contribution >= 4 is 12.6 Å². The Hall–Kier alpha value is -3.12. The minimum absolute atomic E-state index is 0.0469. The van der Waals surface area contributed by atoms with Gasteiger partial charge in [0.15, 0.2) is 12.6 Å². The van der Waals surface area contributed by atoms with Crippen LogP contribution in [0.3, 0.4) is 0 Å². The highest BCUT2D eigenvalue weighted by Gasteiger charge is 2.59. The molecule has 0 spiro atoms. The minimum atomic E-state index is -1.03. The van der Waals surface area contributed by atoms with Crippen LogP contribution >= 0.6 is 0 Å². The summed E-state index contributed by atoms with van der Waals surface area (Å²) in [6.45, 7) is 8.38. The van der Waals surface area contributed by atoms with Crippen LogP contribution in [0.1, 0.15) is 84.7 Å². The van der Waals surface area contributed by atoms with E-state index in [1.165, 1.54) is 0 Å². The maximum absolute atomic E-state index is 12.2. The number of ether oxygens (including phenoxy) is 1. The Balaban J connectivity index is 1.83. The molecule has 1 heterocycles. The summed E-state index contributed by atoms with van der Waals surface area (Å²) in [5, 5.41) is 34.1. The van der Waals surface area contributed by atoms with Gasteiger partial charge in [0, 0.05) is 17.4 Å². The molecule has 2 aromatic carbocycles. The minimum Gasteiger partial charge on any atom is -0.507 e. The molecule has 0 aromatic heterocycles. The Labute approximate surface area is 211 Å². The first-order valence-electron chi connectivity index (χ1n) is 12.8. The molecule has 0 radical (unpaired) electrons. The maximum atomic E-state index is 12.2. The molecule has 0 bridgehead atoms. The number of aldehydes is 2. The largest absolute Gasteiger partial charge is 0.507 e. The summed E-state index contributed by atoms with van der Waals surface area (Å²) in [4.78, 5) is 24.0. The summed E-state index contributed by atoms with van der Waals surface area (Å²) in [7, 11) is 0. The molecule has 5 rings (SSSR count). The van der Waals surface area contributed by atoms with Gasteiger partial charge in [-0.2, -0.15) is 0 Å². The number of phenols is 2. The summed E-state index contributed by atoms with van der Waals surface area (Å²) in [6, 6.07) is 9.58. The molecule has 190 valence electrons. The fourth-order valence-corrected chi connectivity index (χ4v) is 7.04. The first kappa shape index (κ1) is 24.6. The van der Waals surface area contributed by atoms with Gasteiger partial charge in [-0.05, 0) is 61.2 Å². The standard InChI is InChI=1S/C30H34O6/c1-16(2)19-11-10-17(3)30(35)13-23-24(18-8-6-5-7-9-18)25-27(34)20(14-31)26(33)21(15-32)28(25)36-29(23,4)12-22(19)30/h5-9,12,14-17,19,23-24,33-35H,10-11,13H2,1-4H3/t17-,19+,23-,24+,29-,30-/m1/s1. The topological polar surface area (TPSA) is 104 Å². The summed E-state index contributed by atoms with van der Waals surface area (Å²) in [6.07, 6.45) is 5.19. The third-order valence-electron chi connectivity index (χ3n) is 9.08. The molecule has 3 aliphatic rings. The Morgan fingerprint density at radius 1 is 1.03 bits per heavy atom. The molecular formula is C30H34O6.